The highest BCUT2D eigenvalue weighted by Gasteiger charge is 2.70. The summed E-state index contributed by atoms with van der Waals surface area (Å²) in [5.41, 5.74) is 0.0488. The molecule has 54 heavy (non-hydrogen) atoms. The maximum Gasteiger partial charge on any atom is 0.309 e. The number of esters is 1. The van der Waals surface area contributed by atoms with Crippen molar-refractivity contribution in [3.05, 3.63) is 47.6 Å². The summed E-state index contributed by atoms with van der Waals surface area (Å²) in [5, 5.41) is 12.8. The van der Waals surface area contributed by atoms with Gasteiger partial charge < -0.3 is 15.2 Å². The average molecular weight is 742 g/mol. The van der Waals surface area contributed by atoms with Crippen LogP contribution in [0.5, 0.6) is 0 Å². The number of carbonyl (C=O) groups excluding carboxylic acids is 3. The monoisotopic (exact) mass is 741 g/mol. The molecule has 0 aliphatic heterocycles. The Morgan fingerprint density at radius 2 is 1.61 bits per heavy atom. The zero-order chi connectivity index (χ0) is 39.3. The van der Waals surface area contributed by atoms with Crippen molar-refractivity contribution in [3.8, 4) is 0 Å². The molecule has 1 unspecified atom stereocenters. The maximum atomic E-state index is 14.1. The molecule has 1 amide bonds. The van der Waals surface area contributed by atoms with E-state index >= 15 is 0 Å². The lowest BCUT2D eigenvalue weighted by molar-refractivity contribution is -0.232. The zero-order valence-corrected chi connectivity index (χ0v) is 34.1. The third-order valence-electron chi connectivity index (χ3n) is 16.5. The van der Waals surface area contributed by atoms with Gasteiger partial charge in [-0.1, -0.05) is 54.5 Å². The smallest absolute Gasteiger partial charge is 0.309 e. The number of hydrogen-bond donors (Lipinski definition) is 2. The van der Waals surface area contributed by atoms with Crippen LogP contribution in [0.4, 0.5) is 0 Å². The highest BCUT2D eigenvalue weighted by molar-refractivity contribution is 6.01. The van der Waals surface area contributed by atoms with Crippen LogP contribution < -0.4 is 5.32 Å². The maximum absolute atomic E-state index is 14.1. The number of ketones is 1. The van der Waals surface area contributed by atoms with E-state index in [1.807, 2.05) is 0 Å². The molecular formula is C45H63N3O6. The van der Waals surface area contributed by atoms with Gasteiger partial charge in [-0.25, -0.2) is 9.97 Å². The number of nitrogens with one attached hydrogen (secondary N) is 1. The fourth-order valence-electron chi connectivity index (χ4n) is 13.3. The summed E-state index contributed by atoms with van der Waals surface area (Å²) in [6.45, 7) is 19.6. The molecule has 7 rings (SSSR count). The second kappa shape index (κ2) is 12.8. The highest BCUT2D eigenvalue weighted by atomic mass is 16.5. The standard InChI is InChI=1S/C45H63N3O6/c1-27(2)35-29(49)25-44(18-15-33(50)48-45(21-22-45)37-46-23-10-24-47-37)20-19-42(8)28(36(35)44)11-12-31-41(7)16-14-32(54-34(51)26-39(3,4)38(52)53)40(5,6)30(41)13-17-43(31,42)9/h10,15,18,23-24,27-28,30-32H,11-14,16-17,19-22,25-26H2,1-9H3,(H,48,50)(H,52,53)/b18-15+/t28-,30?,31-,32+,41+,42-,43-,44+/m1/s1. The first-order valence-corrected chi connectivity index (χ1v) is 20.7. The highest BCUT2D eigenvalue weighted by Crippen LogP contribution is 2.77. The quantitative estimate of drug-likeness (QED) is 0.190. The van der Waals surface area contributed by atoms with E-state index < -0.39 is 28.3 Å². The Morgan fingerprint density at radius 3 is 2.24 bits per heavy atom. The Labute approximate surface area is 322 Å². The van der Waals surface area contributed by atoms with Crippen LogP contribution in [0.2, 0.25) is 0 Å². The van der Waals surface area contributed by atoms with Gasteiger partial charge in [0.25, 0.3) is 0 Å². The molecule has 294 valence electrons. The van der Waals surface area contributed by atoms with Crippen molar-refractivity contribution in [2.24, 2.45) is 56.2 Å². The van der Waals surface area contributed by atoms with E-state index in [-0.39, 0.29) is 57.7 Å². The van der Waals surface area contributed by atoms with Crippen LogP contribution in [0.15, 0.2) is 41.8 Å². The second-order valence-corrected chi connectivity index (χ2v) is 20.5. The van der Waals surface area contributed by atoms with Crippen LogP contribution in [0.1, 0.15) is 145 Å². The van der Waals surface area contributed by atoms with Crippen molar-refractivity contribution in [2.45, 2.75) is 151 Å². The Balaban J connectivity index is 1.15. The molecule has 0 saturated heterocycles. The van der Waals surface area contributed by atoms with Crippen LogP contribution in [0.25, 0.3) is 0 Å². The second-order valence-electron chi connectivity index (χ2n) is 20.5. The van der Waals surface area contributed by atoms with Gasteiger partial charge in [0, 0.05) is 29.6 Å². The van der Waals surface area contributed by atoms with Crippen molar-refractivity contribution in [2.75, 3.05) is 0 Å². The minimum Gasteiger partial charge on any atom is -0.481 e. The first-order valence-electron chi connectivity index (χ1n) is 20.7. The summed E-state index contributed by atoms with van der Waals surface area (Å²) >= 11 is 0. The molecule has 6 aliphatic carbocycles. The van der Waals surface area contributed by atoms with Gasteiger partial charge in [-0.2, -0.15) is 0 Å². The van der Waals surface area contributed by atoms with Gasteiger partial charge in [0.1, 0.15) is 11.6 Å². The Hall–Kier alpha value is -3.36. The van der Waals surface area contributed by atoms with E-state index in [0.29, 0.717) is 24.1 Å². The summed E-state index contributed by atoms with van der Waals surface area (Å²) in [4.78, 5) is 61.3. The van der Waals surface area contributed by atoms with E-state index in [9.17, 15) is 24.3 Å². The molecule has 9 nitrogen and oxygen atoms in total. The van der Waals surface area contributed by atoms with Crippen molar-refractivity contribution in [1.82, 2.24) is 15.3 Å². The molecule has 0 bridgehead atoms. The minimum atomic E-state index is -1.17. The lowest BCUT2D eigenvalue weighted by Gasteiger charge is -2.72. The number of allylic oxidation sites excluding steroid dienone is 3. The number of carbonyl (C=O) groups is 4. The number of rotatable bonds is 9. The van der Waals surface area contributed by atoms with Gasteiger partial charge in [0.15, 0.2) is 11.6 Å². The molecule has 1 aromatic heterocycles. The van der Waals surface area contributed by atoms with Crippen LogP contribution in [-0.4, -0.2) is 44.8 Å². The average Bonchev–Trinajstić information content (AvgIpc) is 3.80. The Kier molecular flexibility index (Phi) is 9.25. The first kappa shape index (κ1) is 38.9. The molecule has 1 heterocycles. The largest absolute Gasteiger partial charge is 0.481 e. The van der Waals surface area contributed by atoms with Crippen LogP contribution >= 0.6 is 0 Å². The number of Topliss-reactive ketones (excluding diaryl/α,β-unsaturated/α-hetero) is 1. The van der Waals surface area contributed by atoms with Gasteiger partial charge in [0.05, 0.1) is 11.8 Å². The van der Waals surface area contributed by atoms with Crippen molar-refractivity contribution in [3.63, 3.8) is 0 Å². The van der Waals surface area contributed by atoms with E-state index in [1.165, 1.54) is 5.57 Å². The van der Waals surface area contributed by atoms with Gasteiger partial charge in [-0.3, -0.25) is 19.2 Å². The number of amides is 1. The molecular weight excluding hydrogens is 679 g/mol. The molecule has 0 radical (unpaired) electrons. The van der Waals surface area contributed by atoms with Gasteiger partial charge >= 0.3 is 11.9 Å². The van der Waals surface area contributed by atoms with Crippen LogP contribution in [-0.2, 0) is 29.5 Å². The molecule has 0 spiro atoms. The number of carboxylic acids is 1. The fraction of sp³-hybridized carbons (Fsp3) is 0.733. The predicted octanol–water partition coefficient (Wildman–Crippen LogP) is 8.53. The normalized spacial score (nSPS) is 37.9. The third-order valence-corrected chi connectivity index (χ3v) is 16.5. The van der Waals surface area contributed by atoms with E-state index in [0.717, 1.165) is 69.8 Å². The minimum absolute atomic E-state index is 0.0117. The van der Waals surface area contributed by atoms with Crippen LogP contribution in [0.3, 0.4) is 0 Å². The van der Waals surface area contributed by atoms with Gasteiger partial charge in [-0.05, 0) is 141 Å². The van der Waals surface area contributed by atoms with Crippen molar-refractivity contribution < 1.29 is 29.0 Å². The zero-order valence-electron chi connectivity index (χ0n) is 34.1. The summed E-state index contributed by atoms with van der Waals surface area (Å²) in [5.74, 6) is 0.555. The number of aliphatic carboxylic acids is 1. The molecule has 6 aliphatic rings. The molecule has 8 atom stereocenters. The number of fused-ring (bicyclic) bond motifs is 7. The lowest BCUT2D eigenvalue weighted by Crippen LogP contribution is -2.65. The molecule has 5 fully saturated rings. The Morgan fingerprint density at radius 1 is 0.926 bits per heavy atom. The van der Waals surface area contributed by atoms with E-state index in [4.69, 9.17) is 4.74 Å². The molecule has 2 N–H and O–H groups in total. The SMILES string of the molecule is CC(C)C1=C2[C@H]3CC[C@@H]4[C@@]5(C)CC[C@H](OC(=O)CC(C)(C)C(=O)O)C(C)(C)C5CC[C@@]4(C)[C@]3(C)CC[C@@]2(/C=C/C(=O)NC2(c3ncccn3)CC2)CC1=O. The van der Waals surface area contributed by atoms with Crippen molar-refractivity contribution >= 4 is 23.6 Å². The number of hydrogen-bond acceptors (Lipinski definition) is 7. The number of ether oxygens (including phenoxy) is 1. The number of nitrogens with zero attached hydrogens (tertiary/aromatic N) is 2. The molecule has 9 heteroatoms. The first-order chi connectivity index (χ1) is 25.2. The molecule has 0 aromatic carbocycles. The van der Waals surface area contributed by atoms with Crippen LogP contribution in [0, 0.1) is 56.2 Å². The van der Waals surface area contributed by atoms with Gasteiger partial charge in [0.2, 0.25) is 5.91 Å². The molecule has 5 saturated carbocycles. The van der Waals surface area contributed by atoms with E-state index in [2.05, 4.69) is 69.8 Å². The fourth-order valence-corrected chi connectivity index (χ4v) is 13.3. The lowest BCUT2D eigenvalue weighted by atomic mass is 9.33. The summed E-state index contributed by atoms with van der Waals surface area (Å²) in [7, 11) is 0. The predicted molar refractivity (Wildman–Crippen MR) is 206 cm³/mol. The van der Waals surface area contributed by atoms with Crippen molar-refractivity contribution in [1.29, 1.82) is 0 Å². The number of aromatic nitrogens is 2. The summed E-state index contributed by atoms with van der Waals surface area (Å²) < 4.78 is 6.17. The van der Waals surface area contributed by atoms with E-state index in [1.54, 1.807) is 38.4 Å². The third kappa shape index (κ3) is 5.83. The Bertz CT molecular complexity index is 1790. The summed E-state index contributed by atoms with van der Waals surface area (Å²) in [6, 6.07) is 1.79. The van der Waals surface area contributed by atoms with Gasteiger partial charge in [-0.15, -0.1) is 0 Å². The topological polar surface area (TPSA) is 136 Å². The molecule has 1 aromatic rings. The summed E-state index contributed by atoms with van der Waals surface area (Å²) in [6.07, 6.45) is 16.8. The number of carboxylic acid groups (broad SMARTS) is 1.